The number of nitrogens with zero attached hydrogens (tertiary/aromatic N) is 1. The maximum absolute atomic E-state index is 10.4. The van der Waals surface area contributed by atoms with Crippen molar-refractivity contribution in [2.45, 2.75) is 46.3 Å². The van der Waals surface area contributed by atoms with Crippen molar-refractivity contribution >= 4 is 22.5 Å². The third kappa shape index (κ3) is 4.21. The Labute approximate surface area is 171 Å². The fraction of sp³-hybridized carbons (Fsp3) is 0.292. The first-order valence-electron chi connectivity index (χ1n) is 9.29. The second-order valence-electron chi connectivity index (χ2n) is 8.11. The van der Waals surface area contributed by atoms with Crippen molar-refractivity contribution in [2.75, 3.05) is 0 Å². The number of pyridine rings is 1. The van der Waals surface area contributed by atoms with Gasteiger partial charge in [-0.05, 0) is 81.1 Å². The van der Waals surface area contributed by atoms with Crippen molar-refractivity contribution in [2.24, 2.45) is 0 Å². The molecule has 0 fully saturated rings. The van der Waals surface area contributed by atoms with E-state index in [-0.39, 0.29) is 5.76 Å². The van der Waals surface area contributed by atoms with E-state index in [0.717, 1.165) is 38.9 Å². The predicted molar refractivity (Wildman–Crippen MR) is 117 cm³/mol. The molecule has 3 nitrogen and oxygen atoms in total. The fourth-order valence-electron chi connectivity index (χ4n) is 3.44. The highest BCUT2D eigenvalue weighted by Crippen LogP contribution is 2.42. The minimum absolute atomic E-state index is 0.0207. The molecule has 0 aliphatic heterocycles. The maximum Gasteiger partial charge on any atom is 0.140 e. The molecule has 0 radical (unpaired) electrons. The quantitative estimate of drug-likeness (QED) is 0.479. The van der Waals surface area contributed by atoms with Crippen LogP contribution in [0.25, 0.3) is 22.0 Å². The van der Waals surface area contributed by atoms with Gasteiger partial charge >= 0.3 is 0 Å². The first kappa shape index (κ1) is 20.4. The molecule has 0 amide bonds. The number of ether oxygens (including phenoxy) is 1. The van der Waals surface area contributed by atoms with Gasteiger partial charge in [-0.1, -0.05) is 36.4 Å². The van der Waals surface area contributed by atoms with E-state index in [1.165, 1.54) is 0 Å². The number of aliphatic hydroxyl groups is 1. The van der Waals surface area contributed by atoms with Gasteiger partial charge in [-0.15, -0.1) is 0 Å². The maximum atomic E-state index is 10.4. The number of aromatic nitrogens is 1. The van der Waals surface area contributed by atoms with Crippen molar-refractivity contribution in [1.29, 1.82) is 0 Å². The van der Waals surface area contributed by atoms with Crippen molar-refractivity contribution in [3.63, 3.8) is 0 Å². The molecule has 146 valence electrons. The molecule has 0 aliphatic rings. The van der Waals surface area contributed by atoms with E-state index in [1.54, 1.807) is 0 Å². The summed E-state index contributed by atoms with van der Waals surface area (Å²) in [6.45, 7) is 13.7. The molecule has 0 bridgehead atoms. The van der Waals surface area contributed by atoms with Crippen molar-refractivity contribution < 1.29 is 9.84 Å². The molecule has 1 atom stereocenters. The van der Waals surface area contributed by atoms with Crippen LogP contribution in [0.5, 0.6) is 0 Å². The smallest absolute Gasteiger partial charge is 0.140 e. The molecule has 4 heteroatoms. The van der Waals surface area contributed by atoms with Crippen LogP contribution < -0.4 is 0 Å². The summed E-state index contributed by atoms with van der Waals surface area (Å²) in [6, 6.07) is 13.8. The molecule has 2 aromatic carbocycles. The van der Waals surface area contributed by atoms with Crippen LogP contribution in [0, 0.1) is 13.8 Å². The highest BCUT2D eigenvalue weighted by molar-refractivity contribution is 6.30. The Bertz CT molecular complexity index is 1030. The number of benzene rings is 2. The molecule has 0 saturated heterocycles. The number of hydrogen-bond donors (Lipinski definition) is 1. The number of hydrogen-bond acceptors (Lipinski definition) is 3. The summed E-state index contributed by atoms with van der Waals surface area (Å²) in [5.41, 5.74) is 5.25. The molecule has 28 heavy (non-hydrogen) atoms. The molecule has 1 aromatic heterocycles. The Morgan fingerprint density at radius 1 is 1.11 bits per heavy atom. The molecular formula is C24H26ClNO2. The normalized spacial score (nSPS) is 12.9. The van der Waals surface area contributed by atoms with E-state index in [1.807, 2.05) is 71.0 Å². The topological polar surface area (TPSA) is 42.4 Å². The fourth-order valence-corrected chi connectivity index (χ4v) is 3.56. The Balaban J connectivity index is 2.39. The summed E-state index contributed by atoms with van der Waals surface area (Å²) < 4.78 is 6.23. The van der Waals surface area contributed by atoms with Gasteiger partial charge in [0.1, 0.15) is 11.9 Å². The lowest BCUT2D eigenvalue weighted by molar-refractivity contribution is -0.0594. The predicted octanol–water partition coefficient (Wildman–Crippen LogP) is 7.10. The van der Waals surface area contributed by atoms with Crippen LogP contribution in [0.1, 0.15) is 43.7 Å². The van der Waals surface area contributed by atoms with E-state index in [9.17, 15) is 5.11 Å². The van der Waals surface area contributed by atoms with Crippen LogP contribution >= 0.6 is 11.6 Å². The van der Waals surface area contributed by atoms with Gasteiger partial charge in [-0.3, -0.25) is 4.98 Å². The summed E-state index contributed by atoms with van der Waals surface area (Å²) in [5, 5.41) is 12.1. The molecule has 1 N–H and O–H groups in total. The first-order chi connectivity index (χ1) is 13.1. The highest BCUT2D eigenvalue weighted by atomic mass is 35.5. The van der Waals surface area contributed by atoms with Crippen LogP contribution in [0.3, 0.4) is 0 Å². The van der Waals surface area contributed by atoms with E-state index in [4.69, 9.17) is 21.3 Å². The molecule has 0 unspecified atom stereocenters. The van der Waals surface area contributed by atoms with Gasteiger partial charge < -0.3 is 9.84 Å². The van der Waals surface area contributed by atoms with Gasteiger partial charge in [0, 0.05) is 16.1 Å². The third-order valence-electron chi connectivity index (χ3n) is 4.55. The number of fused-ring (bicyclic) bond motifs is 1. The minimum atomic E-state index is -0.656. The Hall–Kier alpha value is -2.36. The molecule has 0 saturated carbocycles. The monoisotopic (exact) mass is 395 g/mol. The van der Waals surface area contributed by atoms with Gasteiger partial charge in [0.25, 0.3) is 0 Å². The van der Waals surface area contributed by atoms with E-state index >= 15 is 0 Å². The third-order valence-corrected chi connectivity index (χ3v) is 4.80. The lowest BCUT2D eigenvalue weighted by Crippen LogP contribution is -2.24. The lowest BCUT2D eigenvalue weighted by Gasteiger charge is -2.30. The molecule has 1 heterocycles. The first-order valence-corrected chi connectivity index (χ1v) is 9.67. The largest absolute Gasteiger partial charge is 0.510 e. The number of halogens is 1. The second kappa shape index (κ2) is 7.57. The summed E-state index contributed by atoms with van der Waals surface area (Å²) in [5.74, 6) is -0.0207. The average Bonchev–Trinajstić information content (AvgIpc) is 2.58. The molecule has 3 rings (SSSR count). The number of aliphatic hydroxyl groups excluding tert-OH is 1. The average molecular weight is 396 g/mol. The second-order valence-corrected chi connectivity index (χ2v) is 8.55. The molecular weight excluding hydrogens is 370 g/mol. The van der Waals surface area contributed by atoms with E-state index in [2.05, 4.69) is 12.6 Å². The van der Waals surface area contributed by atoms with Crippen molar-refractivity contribution in [3.05, 3.63) is 76.6 Å². The Morgan fingerprint density at radius 3 is 2.32 bits per heavy atom. The molecule has 0 spiro atoms. The van der Waals surface area contributed by atoms with Gasteiger partial charge in [-0.2, -0.15) is 0 Å². The van der Waals surface area contributed by atoms with Gasteiger partial charge in [0.15, 0.2) is 0 Å². The van der Waals surface area contributed by atoms with Gasteiger partial charge in [0.05, 0.1) is 11.1 Å². The SMILES string of the molecule is C=C(O)[C@@H](OC(C)(C)C)c1c(C)cc2nc(C)ccc2c1-c1ccc(Cl)cc1. The lowest BCUT2D eigenvalue weighted by atomic mass is 9.88. The Kier molecular flexibility index (Phi) is 5.51. The molecule has 3 aromatic rings. The van der Waals surface area contributed by atoms with Crippen molar-refractivity contribution in [1.82, 2.24) is 4.98 Å². The van der Waals surface area contributed by atoms with Crippen molar-refractivity contribution in [3.8, 4) is 11.1 Å². The van der Waals surface area contributed by atoms with Crippen LogP contribution in [-0.4, -0.2) is 15.7 Å². The molecule has 0 aliphatic carbocycles. The standard InChI is InChI=1S/C24H26ClNO2/c1-14-13-20-19(12-7-15(2)26-20)22(17-8-10-18(25)11-9-17)21(14)23(16(3)27)28-24(4,5)6/h7-13,23,27H,3H2,1-2,4-6H3/t23-/m1/s1. The summed E-state index contributed by atoms with van der Waals surface area (Å²) in [6.07, 6.45) is -0.656. The van der Waals surface area contributed by atoms with Crippen LogP contribution in [0.2, 0.25) is 5.02 Å². The van der Waals surface area contributed by atoms with Crippen LogP contribution in [-0.2, 0) is 4.74 Å². The van der Waals surface area contributed by atoms with Crippen LogP contribution in [0.4, 0.5) is 0 Å². The zero-order valence-electron chi connectivity index (χ0n) is 17.0. The number of aryl methyl sites for hydroxylation is 2. The summed E-state index contributed by atoms with van der Waals surface area (Å²) >= 11 is 6.12. The Morgan fingerprint density at radius 2 is 1.75 bits per heavy atom. The summed E-state index contributed by atoms with van der Waals surface area (Å²) in [4.78, 5) is 4.71. The van der Waals surface area contributed by atoms with Gasteiger partial charge in [-0.25, -0.2) is 0 Å². The zero-order chi connectivity index (χ0) is 20.6. The van der Waals surface area contributed by atoms with E-state index < -0.39 is 11.7 Å². The minimum Gasteiger partial charge on any atom is -0.510 e. The zero-order valence-corrected chi connectivity index (χ0v) is 17.8. The van der Waals surface area contributed by atoms with Crippen LogP contribution in [0.15, 0.2) is 54.8 Å². The number of rotatable bonds is 4. The van der Waals surface area contributed by atoms with Gasteiger partial charge in [0.2, 0.25) is 0 Å². The summed E-state index contributed by atoms with van der Waals surface area (Å²) in [7, 11) is 0. The van der Waals surface area contributed by atoms with E-state index in [0.29, 0.717) is 5.02 Å². The highest BCUT2D eigenvalue weighted by Gasteiger charge is 2.28.